The Labute approximate surface area is 124 Å². The van der Waals surface area contributed by atoms with Crippen LogP contribution in [0.1, 0.15) is 16.8 Å². The largest absolute Gasteiger partial charge is 0.455 e. The van der Waals surface area contributed by atoms with Gasteiger partial charge in [-0.25, -0.2) is 4.98 Å². The summed E-state index contributed by atoms with van der Waals surface area (Å²) in [5.74, 6) is 0.263. The molecule has 0 amide bonds. The molecular formula is C14H12ClF3N2O. The molecule has 0 radical (unpaired) electrons. The van der Waals surface area contributed by atoms with E-state index in [0.717, 1.165) is 23.4 Å². The smallest absolute Gasteiger partial charge is 0.433 e. The summed E-state index contributed by atoms with van der Waals surface area (Å²) in [6, 6.07) is 4.03. The summed E-state index contributed by atoms with van der Waals surface area (Å²) in [4.78, 5) is 3.25. The Morgan fingerprint density at radius 1 is 1.14 bits per heavy atom. The van der Waals surface area contributed by atoms with Crippen molar-refractivity contribution in [3.8, 4) is 11.5 Å². The van der Waals surface area contributed by atoms with Gasteiger partial charge in [-0.2, -0.15) is 13.2 Å². The number of aromatic nitrogens is 1. The van der Waals surface area contributed by atoms with Crippen molar-refractivity contribution in [1.82, 2.24) is 4.98 Å². The van der Waals surface area contributed by atoms with E-state index in [9.17, 15) is 13.2 Å². The van der Waals surface area contributed by atoms with E-state index >= 15 is 0 Å². The number of hydrogen-bond donors (Lipinski definition) is 1. The fraction of sp³-hybridized carbons (Fsp3) is 0.214. The van der Waals surface area contributed by atoms with Gasteiger partial charge in [-0.3, -0.25) is 0 Å². The Kier molecular flexibility index (Phi) is 4.00. The summed E-state index contributed by atoms with van der Waals surface area (Å²) < 4.78 is 43.4. The van der Waals surface area contributed by atoms with Gasteiger partial charge in [-0.15, -0.1) is 0 Å². The molecule has 0 aliphatic heterocycles. The highest BCUT2D eigenvalue weighted by molar-refractivity contribution is 6.32. The molecule has 7 heteroatoms. The fourth-order valence-electron chi connectivity index (χ4n) is 1.78. The van der Waals surface area contributed by atoms with Gasteiger partial charge in [0.2, 0.25) is 0 Å². The number of nitrogens with two attached hydrogens (primary N) is 1. The van der Waals surface area contributed by atoms with E-state index in [0.29, 0.717) is 10.8 Å². The monoisotopic (exact) mass is 316 g/mol. The highest BCUT2D eigenvalue weighted by atomic mass is 35.5. The van der Waals surface area contributed by atoms with Crippen LogP contribution in [0.4, 0.5) is 18.9 Å². The van der Waals surface area contributed by atoms with Crippen LogP contribution in [-0.2, 0) is 6.18 Å². The summed E-state index contributed by atoms with van der Waals surface area (Å²) in [5.41, 5.74) is 6.09. The third-order valence-corrected chi connectivity index (χ3v) is 3.42. The molecule has 0 saturated carbocycles. The third kappa shape index (κ3) is 3.39. The van der Waals surface area contributed by atoms with Crippen LogP contribution in [0.25, 0.3) is 0 Å². The van der Waals surface area contributed by atoms with Crippen LogP contribution in [0.15, 0.2) is 24.4 Å². The zero-order valence-electron chi connectivity index (χ0n) is 11.3. The number of hydrogen-bond acceptors (Lipinski definition) is 3. The zero-order chi connectivity index (χ0) is 15.8. The summed E-state index contributed by atoms with van der Waals surface area (Å²) in [6.07, 6.45) is -3.63. The van der Waals surface area contributed by atoms with Crippen molar-refractivity contribution in [2.45, 2.75) is 20.0 Å². The highest BCUT2D eigenvalue weighted by Gasteiger charge is 2.33. The number of alkyl halides is 3. The number of ether oxygens (including phenoxy) is 1. The number of nitrogen functional groups attached to an aromatic ring is 1. The first-order valence-electron chi connectivity index (χ1n) is 5.96. The van der Waals surface area contributed by atoms with Crippen molar-refractivity contribution < 1.29 is 17.9 Å². The second-order valence-electron chi connectivity index (χ2n) is 4.58. The van der Waals surface area contributed by atoms with Gasteiger partial charge in [0.1, 0.15) is 11.4 Å². The second-order valence-corrected chi connectivity index (χ2v) is 4.96. The second kappa shape index (κ2) is 5.44. The topological polar surface area (TPSA) is 48.1 Å². The number of halogens is 4. The van der Waals surface area contributed by atoms with Crippen LogP contribution in [0.2, 0.25) is 5.02 Å². The molecule has 0 bridgehead atoms. The lowest BCUT2D eigenvalue weighted by molar-refractivity contribution is -0.141. The first-order chi connectivity index (χ1) is 9.68. The summed E-state index contributed by atoms with van der Waals surface area (Å²) in [5, 5.41) is 0.584. The molecule has 21 heavy (non-hydrogen) atoms. The quantitative estimate of drug-likeness (QED) is 0.870. The maximum absolute atomic E-state index is 12.6. The lowest BCUT2D eigenvalue weighted by Crippen LogP contribution is -2.08. The average molecular weight is 317 g/mol. The normalized spacial score (nSPS) is 11.5. The molecule has 3 nitrogen and oxygen atoms in total. The maximum atomic E-state index is 12.6. The van der Waals surface area contributed by atoms with Crippen LogP contribution in [0.3, 0.4) is 0 Å². The molecule has 1 heterocycles. The predicted octanol–water partition coefficient (Wildman–Crippen LogP) is 4.75. The van der Waals surface area contributed by atoms with Crippen LogP contribution >= 0.6 is 11.6 Å². The van der Waals surface area contributed by atoms with Crippen molar-refractivity contribution in [2.24, 2.45) is 0 Å². The van der Waals surface area contributed by atoms with E-state index in [2.05, 4.69) is 4.98 Å². The van der Waals surface area contributed by atoms with E-state index in [1.54, 1.807) is 26.0 Å². The number of aryl methyl sites for hydroxylation is 2. The minimum Gasteiger partial charge on any atom is -0.455 e. The Hall–Kier alpha value is -1.95. The molecule has 1 aromatic carbocycles. The molecule has 1 aromatic heterocycles. The van der Waals surface area contributed by atoms with Gasteiger partial charge in [-0.1, -0.05) is 11.6 Å². The number of rotatable bonds is 2. The van der Waals surface area contributed by atoms with Crippen molar-refractivity contribution in [3.63, 3.8) is 0 Å². The Balaban J connectivity index is 2.40. The van der Waals surface area contributed by atoms with Gasteiger partial charge < -0.3 is 10.5 Å². The molecule has 2 N–H and O–H groups in total. The van der Waals surface area contributed by atoms with Crippen LogP contribution in [0, 0.1) is 13.8 Å². The zero-order valence-corrected chi connectivity index (χ0v) is 12.0. The number of anilines is 1. The molecule has 112 valence electrons. The van der Waals surface area contributed by atoms with Crippen molar-refractivity contribution in [1.29, 1.82) is 0 Å². The molecule has 0 unspecified atom stereocenters. The van der Waals surface area contributed by atoms with E-state index in [1.165, 1.54) is 0 Å². The van der Waals surface area contributed by atoms with Crippen molar-refractivity contribution in [2.75, 3.05) is 5.73 Å². The minimum absolute atomic E-state index is 0.0215. The molecule has 0 atom stereocenters. The minimum atomic E-state index is -4.56. The van der Waals surface area contributed by atoms with Crippen molar-refractivity contribution >= 4 is 17.3 Å². The van der Waals surface area contributed by atoms with Gasteiger partial charge in [0.05, 0.1) is 11.9 Å². The Bertz CT molecular complexity index is 663. The molecule has 2 rings (SSSR count). The molecule has 0 saturated heterocycles. The number of pyridine rings is 1. The SMILES string of the molecule is Cc1cc(Oc2cc(C(F)(F)F)ncc2N)cc(C)c1Cl. The summed E-state index contributed by atoms with van der Waals surface area (Å²) in [6.45, 7) is 3.55. The predicted molar refractivity (Wildman–Crippen MR) is 74.7 cm³/mol. The molecule has 0 fully saturated rings. The van der Waals surface area contributed by atoms with Gasteiger partial charge in [0, 0.05) is 11.1 Å². The fourth-order valence-corrected chi connectivity index (χ4v) is 1.89. The van der Waals surface area contributed by atoms with Gasteiger partial charge >= 0.3 is 6.18 Å². The van der Waals surface area contributed by atoms with Crippen LogP contribution in [-0.4, -0.2) is 4.98 Å². The standard InChI is InChI=1S/C14H12ClF3N2O/c1-7-3-9(4-8(2)13(7)15)21-11-5-12(14(16,17)18)20-6-10(11)19/h3-6H,19H2,1-2H3. The molecular weight excluding hydrogens is 305 g/mol. The highest BCUT2D eigenvalue weighted by Crippen LogP contribution is 2.35. The Morgan fingerprint density at radius 2 is 1.71 bits per heavy atom. The van der Waals surface area contributed by atoms with E-state index < -0.39 is 11.9 Å². The van der Waals surface area contributed by atoms with E-state index in [1.807, 2.05) is 0 Å². The molecule has 2 aromatic rings. The molecule has 0 spiro atoms. The lowest BCUT2D eigenvalue weighted by Gasteiger charge is -2.13. The lowest BCUT2D eigenvalue weighted by atomic mass is 10.1. The van der Waals surface area contributed by atoms with Gasteiger partial charge in [0.15, 0.2) is 5.75 Å². The number of benzene rings is 1. The van der Waals surface area contributed by atoms with E-state index in [-0.39, 0.29) is 11.4 Å². The summed E-state index contributed by atoms with van der Waals surface area (Å²) in [7, 11) is 0. The first kappa shape index (κ1) is 15.4. The summed E-state index contributed by atoms with van der Waals surface area (Å²) >= 11 is 6.03. The maximum Gasteiger partial charge on any atom is 0.433 e. The first-order valence-corrected chi connectivity index (χ1v) is 6.33. The van der Waals surface area contributed by atoms with Crippen LogP contribution in [0.5, 0.6) is 11.5 Å². The van der Waals surface area contributed by atoms with Gasteiger partial charge in [0.25, 0.3) is 0 Å². The van der Waals surface area contributed by atoms with E-state index in [4.69, 9.17) is 22.1 Å². The number of nitrogens with zero attached hydrogens (tertiary/aromatic N) is 1. The Morgan fingerprint density at radius 3 is 2.24 bits per heavy atom. The van der Waals surface area contributed by atoms with Gasteiger partial charge in [-0.05, 0) is 37.1 Å². The van der Waals surface area contributed by atoms with Crippen LogP contribution < -0.4 is 10.5 Å². The molecule has 0 aliphatic rings. The third-order valence-electron chi connectivity index (χ3n) is 2.82. The average Bonchev–Trinajstić information content (AvgIpc) is 2.37. The molecule has 0 aliphatic carbocycles. The van der Waals surface area contributed by atoms with Crippen molar-refractivity contribution in [3.05, 3.63) is 46.2 Å².